The molecule has 13 nitrogen and oxygen atoms in total. The van der Waals surface area contributed by atoms with Crippen molar-refractivity contribution in [3.8, 4) is 0 Å². The predicted octanol–water partition coefficient (Wildman–Crippen LogP) is 7.18. The van der Waals surface area contributed by atoms with Gasteiger partial charge >= 0.3 is 5.97 Å². The van der Waals surface area contributed by atoms with Crippen molar-refractivity contribution in [2.45, 2.75) is 212 Å². The van der Waals surface area contributed by atoms with Crippen LogP contribution in [-0.2, 0) is 47.5 Å². The molecule has 3 N–H and O–H groups in total. The molecule has 0 bridgehead atoms. The van der Waals surface area contributed by atoms with Crippen molar-refractivity contribution in [1.82, 2.24) is 0 Å². The van der Waals surface area contributed by atoms with Crippen LogP contribution in [0, 0.1) is 47.3 Å². The average molecular weight is 851 g/mol. The number of carboxylic acid groups (broad SMARTS) is 1. The summed E-state index contributed by atoms with van der Waals surface area (Å²) in [6.45, 7) is 21.6. The summed E-state index contributed by atoms with van der Waals surface area (Å²) in [6.07, 6.45) is 6.69. The smallest absolute Gasteiger partial charge is 0.306 e. The van der Waals surface area contributed by atoms with Gasteiger partial charge in [0.25, 0.3) is 0 Å². The van der Waals surface area contributed by atoms with Crippen molar-refractivity contribution < 1.29 is 62.8 Å². The third-order valence-corrected chi connectivity index (χ3v) is 15.9. The van der Waals surface area contributed by atoms with E-state index in [2.05, 4.69) is 41.5 Å². The van der Waals surface area contributed by atoms with Crippen LogP contribution in [0.4, 0.5) is 0 Å². The van der Waals surface area contributed by atoms with Crippen LogP contribution in [0.5, 0.6) is 0 Å². The molecule has 6 aliphatic heterocycles. The number of Topliss-reactive ketones (excluding diaryl/α,β-unsaturated/α-hetero) is 1. The van der Waals surface area contributed by atoms with Crippen molar-refractivity contribution in [3.05, 3.63) is 11.6 Å². The first-order valence-electron chi connectivity index (χ1n) is 23.1. The fourth-order valence-electron chi connectivity index (χ4n) is 11.7. The molecule has 20 unspecified atom stereocenters. The van der Waals surface area contributed by atoms with Gasteiger partial charge in [-0.2, -0.15) is 0 Å². The lowest BCUT2D eigenvalue weighted by molar-refractivity contribution is -0.382. The van der Waals surface area contributed by atoms with E-state index in [-0.39, 0.29) is 90.4 Å². The molecular weight excluding hydrogens is 773 g/mol. The molecule has 0 aliphatic carbocycles. The second-order valence-corrected chi connectivity index (χ2v) is 20.5. The maximum absolute atomic E-state index is 13.5. The Morgan fingerprint density at radius 3 is 2.22 bits per heavy atom. The molecule has 20 atom stereocenters. The Morgan fingerprint density at radius 1 is 0.850 bits per heavy atom. The van der Waals surface area contributed by atoms with Crippen molar-refractivity contribution in [1.29, 1.82) is 0 Å². The Bertz CT molecular complexity index is 1540. The lowest BCUT2D eigenvalue weighted by Gasteiger charge is -2.52. The standard InChI is InChI=1S/C47H78O13/c1-25(19-26(2)41(49)27(3)20-29(5)43(50)51)36-23-37(55-40-16-14-35(53-12)34(10)54-40)33(9)46(56-36)18-17-44(11,60-46)39-15-13-30(6)47(58-39)32(8)22-38(57-47)42-28(4)21-31(7)45(52,24-48)59-42/h19,25,27-40,42,48,52H,13-18,20-24H2,1-12H3,(H,50,51). The quantitative estimate of drug-likeness (QED) is 0.160. The molecule has 6 aliphatic rings. The number of aliphatic carboxylic acids is 1. The van der Waals surface area contributed by atoms with Gasteiger partial charge in [-0.3, -0.25) is 9.59 Å². The van der Waals surface area contributed by atoms with E-state index in [9.17, 15) is 24.9 Å². The number of aliphatic hydroxyl groups excluding tert-OH is 1. The van der Waals surface area contributed by atoms with Gasteiger partial charge in [-0.1, -0.05) is 61.5 Å². The first-order chi connectivity index (χ1) is 28.1. The Kier molecular flexibility index (Phi) is 14.8. The zero-order valence-electron chi connectivity index (χ0n) is 38.5. The molecule has 0 aromatic heterocycles. The van der Waals surface area contributed by atoms with Gasteiger partial charge in [-0.15, -0.1) is 0 Å². The van der Waals surface area contributed by atoms with Gasteiger partial charge in [0, 0.05) is 61.9 Å². The van der Waals surface area contributed by atoms with Crippen LogP contribution in [0.15, 0.2) is 11.6 Å². The Hall–Kier alpha value is -1.52. The summed E-state index contributed by atoms with van der Waals surface area (Å²) in [4.78, 5) is 25.0. The summed E-state index contributed by atoms with van der Waals surface area (Å²) in [5.74, 6) is -5.73. The Balaban J connectivity index is 1.22. The molecule has 6 heterocycles. The summed E-state index contributed by atoms with van der Waals surface area (Å²) in [5, 5.41) is 30.7. The largest absolute Gasteiger partial charge is 0.481 e. The molecule has 0 aromatic carbocycles. The van der Waals surface area contributed by atoms with Crippen LogP contribution >= 0.6 is 0 Å². The minimum Gasteiger partial charge on any atom is -0.481 e. The third-order valence-electron chi connectivity index (χ3n) is 15.9. The third kappa shape index (κ3) is 9.33. The topological polar surface area (TPSA) is 169 Å². The molecule has 0 saturated carbocycles. The molecule has 0 aromatic rings. The van der Waals surface area contributed by atoms with Crippen LogP contribution in [0.2, 0.25) is 0 Å². The lowest BCUT2D eigenvalue weighted by atomic mass is 9.78. The van der Waals surface area contributed by atoms with Crippen LogP contribution in [0.3, 0.4) is 0 Å². The maximum atomic E-state index is 13.5. The highest BCUT2D eigenvalue weighted by Crippen LogP contribution is 2.57. The summed E-state index contributed by atoms with van der Waals surface area (Å²) in [7, 11) is 1.71. The van der Waals surface area contributed by atoms with Crippen molar-refractivity contribution in [2.24, 2.45) is 47.3 Å². The lowest BCUT2D eigenvalue weighted by Crippen LogP contribution is -2.60. The van der Waals surface area contributed by atoms with Crippen molar-refractivity contribution in [3.63, 3.8) is 0 Å². The van der Waals surface area contributed by atoms with E-state index in [0.717, 1.165) is 25.7 Å². The molecule has 6 fully saturated rings. The molecule has 6 saturated heterocycles. The number of methoxy groups -OCH3 is 1. The van der Waals surface area contributed by atoms with Gasteiger partial charge in [0.15, 0.2) is 29.4 Å². The monoisotopic (exact) mass is 851 g/mol. The minimum atomic E-state index is -1.61. The van der Waals surface area contributed by atoms with E-state index in [1.165, 1.54) is 0 Å². The van der Waals surface area contributed by atoms with Gasteiger partial charge in [-0.05, 0) is 77.2 Å². The van der Waals surface area contributed by atoms with Crippen LogP contribution in [-0.4, -0.2) is 113 Å². The van der Waals surface area contributed by atoms with E-state index < -0.39 is 53.7 Å². The molecule has 0 amide bonds. The summed E-state index contributed by atoms with van der Waals surface area (Å²) < 4.78 is 54.0. The normalized spacial score (nSPS) is 48.0. The Morgan fingerprint density at radius 2 is 1.57 bits per heavy atom. The molecule has 0 radical (unpaired) electrons. The molecule has 344 valence electrons. The number of ketones is 1. The predicted molar refractivity (Wildman–Crippen MR) is 222 cm³/mol. The number of aliphatic hydroxyl groups is 2. The second-order valence-electron chi connectivity index (χ2n) is 20.5. The van der Waals surface area contributed by atoms with Crippen LogP contribution < -0.4 is 0 Å². The van der Waals surface area contributed by atoms with Crippen LogP contribution in [0.1, 0.15) is 140 Å². The number of rotatable bonds is 13. The highest BCUT2D eigenvalue weighted by Gasteiger charge is 2.64. The molecule has 6 rings (SSSR count). The van der Waals surface area contributed by atoms with E-state index in [1.54, 1.807) is 21.0 Å². The highest BCUT2D eigenvalue weighted by atomic mass is 16.8. The highest BCUT2D eigenvalue weighted by molar-refractivity contribution is 5.96. The van der Waals surface area contributed by atoms with E-state index in [0.29, 0.717) is 37.7 Å². The molecule has 13 heteroatoms. The summed E-state index contributed by atoms with van der Waals surface area (Å²) >= 11 is 0. The zero-order chi connectivity index (χ0) is 44.1. The number of hydrogen-bond donors (Lipinski definition) is 3. The maximum Gasteiger partial charge on any atom is 0.306 e. The number of carbonyl (C=O) groups excluding carboxylic acids is 1. The van der Waals surface area contributed by atoms with Gasteiger partial charge in [0.2, 0.25) is 0 Å². The number of allylic oxidation sites excluding steroid dienone is 1. The van der Waals surface area contributed by atoms with Gasteiger partial charge in [-0.25, -0.2) is 0 Å². The average Bonchev–Trinajstić information content (AvgIpc) is 3.72. The molecule has 2 spiro atoms. The van der Waals surface area contributed by atoms with Gasteiger partial charge < -0.3 is 53.2 Å². The number of hydrogen-bond acceptors (Lipinski definition) is 12. The summed E-state index contributed by atoms with van der Waals surface area (Å²) in [5.41, 5.74) is -0.116. The fourth-order valence-corrected chi connectivity index (χ4v) is 11.7. The molecule has 60 heavy (non-hydrogen) atoms. The minimum absolute atomic E-state index is 0.0101. The number of ether oxygens (including phenoxy) is 8. The van der Waals surface area contributed by atoms with E-state index >= 15 is 0 Å². The fraction of sp³-hybridized carbons (Fsp3) is 0.915. The van der Waals surface area contributed by atoms with Crippen LogP contribution in [0.25, 0.3) is 0 Å². The number of carboxylic acids is 1. The molecular formula is C47H78O13. The second kappa shape index (κ2) is 18.5. The first kappa shape index (κ1) is 47.9. The van der Waals surface area contributed by atoms with Crippen molar-refractivity contribution >= 4 is 11.8 Å². The summed E-state index contributed by atoms with van der Waals surface area (Å²) in [6, 6.07) is 0. The van der Waals surface area contributed by atoms with Crippen molar-refractivity contribution in [2.75, 3.05) is 13.7 Å². The SMILES string of the molecule is COC1CCC(OC2CC(C(C)C=C(C)C(=O)C(C)CC(C)C(=O)O)OC3(CCC(C)(C4CCC(C)C5(OC(C6OC(O)(CO)C(C)CC6C)CC5C)O4)O3)C2C)OC1C. The zero-order valence-corrected chi connectivity index (χ0v) is 38.5. The van der Waals surface area contributed by atoms with Gasteiger partial charge in [0.05, 0.1) is 60.9 Å². The Labute approximate surface area is 358 Å². The van der Waals surface area contributed by atoms with Gasteiger partial charge in [0.1, 0.15) is 0 Å². The van der Waals surface area contributed by atoms with E-state index in [1.807, 2.05) is 26.8 Å². The first-order valence-corrected chi connectivity index (χ1v) is 23.1. The van der Waals surface area contributed by atoms with E-state index in [4.69, 9.17) is 37.9 Å². The number of carbonyl (C=O) groups is 2.